The molecule has 0 amide bonds. The molecule has 0 bridgehead atoms. The van der Waals surface area contributed by atoms with Gasteiger partial charge in [-0.05, 0) is 13.8 Å². The minimum Gasteiger partial charge on any atom is -0.481 e. The summed E-state index contributed by atoms with van der Waals surface area (Å²) in [4.78, 5) is 10.1. The fourth-order valence-electron chi connectivity index (χ4n) is 0.880. The summed E-state index contributed by atoms with van der Waals surface area (Å²) in [6.45, 7) is 3.14. The van der Waals surface area contributed by atoms with Crippen LogP contribution in [0, 0.1) is 0 Å². The maximum atomic E-state index is 13.1. The number of hydrogen-bond donors (Lipinski definition) is 1. The van der Waals surface area contributed by atoms with Gasteiger partial charge in [-0.15, -0.1) is 0 Å². The number of carboxylic acids is 1. The monoisotopic (exact) mass is 212 g/mol. The first-order valence-electron chi connectivity index (χ1n) is 4.26. The summed E-state index contributed by atoms with van der Waals surface area (Å²) in [5.41, 5.74) is 0. The van der Waals surface area contributed by atoms with Crippen LogP contribution in [0.5, 0.6) is 0 Å². The maximum absolute atomic E-state index is 13.1. The fourth-order valence-corrected chi connectivity index (χ4v) is 0.880. The van der Waals surface area contributed by atoms with E-state index in [4.69, 9.17) is 5.11 Å². The minimum atomic E-state index is -3.50. The zero-order valence-corrected chi connectivity index (χ0v) is 8.13. The van der Waals surface area contributed by atoms with E-state index in [-0.39, 0.29) is 13.2 Å². The van der Waals surface area contributed by atoms with Gasteiger partial charge in [0.2, 0.25) is 6.29 Å². The normalized spacial score (nSPS) is 12.1. The molecular formula is C8H14F2O4. The van der Waals surface area contributed by atoms with Gasteiger partial charge in [-0.3, -0.25) is 4.79 Å². The van der Waals surface area contributed by atoms with Crippen molar-refractivity contribution in [2.24, 2.45) is 0 Å². The van der Waals surface area contributed by atoms with E-state index in [0.717, 1.165) is 0 Å². The smallest absolute Gasteiger partial charge is 0.309 e. The summed E-state index contributed by atoms with van der Waals surface area (Å²) in [6.07, 6.45) is -3.08. The highest BCUT2D eigenvalue weighted by Crippen LogP contribution is 2.26. The number of hydrogen-bond acceptors (Lipinski definition) is 3. The van der Waals surface area contributed by atoms with Crippen LogP contribution in [0.15, 0.2) is 0 Å². The molecule has 1 N–H and O–H groups in total. The van der Waals surface area contributed by atoms with Gasteiger partial charge in [-0.2, -0.15) is 0 Å². The zero-order valence-electron chi connectivity index (χ0n) is 8.13. The van der Waals surface area contributed by atoms with E-state index in [0.29, 0.717) is 0 Å². The Balaban J connectivity index is 4.35. The second-order valence-electron chi connectivity index (χ2n) is 2.57. The molecule has 0 rings (SSSR count). The van der Waals surface area contributed by atoms with Crippen LogP contribution < -0.4 is 0 Å². The number of carboxylic acid groups (broad SMARTS) is 1. The third-order valence-corrected chi connectivity index (χ3v) is 1.37. The molecule has 0 radical (unpaired) electrons. The first-order valence-corrected chi connectivity index (χ1v) is 4.26. The van der Waals surface area contributed by atoms with Gasteiger partial charge in [0, 0.05) is 13.2 Å². The Bertz CT molecular complexity index is 178. The third-order valence-electron chi connectivity index (χ3n) is 1.37. The van der Waals surface area contributed by atoms with E-state index in [1.165, 1.54) is 13.8 Å². The number of carbonyl (C=O) groups is 1. The Hall–Kier alpha value is -0.750. The van der Waals surface area contributed by atoms with Crippen LogP contribution in [0.25, 0.3) is 0 Å². The molecule has 0 saturated heterocycles. The molecule has 6 heteroatoms. The van der Waals surface area contributed by atoms with Gasteiger partial charge in [0.1, 0.15) is 6.42 Å². The van der Waals surface area contributed by atoms with Crippen LogP contribution in [-0.2, 0) is 14.3 Å². The molecule has 0 aliphatic heterocycles. The van der Waals surface area contributed by atoms with Gasteiger partial charge < -0.3 is 14.6 Å². The average Bonchev–Trinajstić information content (AvgIpc) is 2.01. The van der Waals surface area contributed by atoms with Gasteiger partial charge in [0.25, 0.3) is 0 Å². The molecule has 0 fully saturated rings. The standard InChI is InChI=1S/C8H14F2O4/c1-3-13-7(14-4-2)8(9,10)5-6(11)12/h7H,3-5H2,1-2H3,(H,11,12). The Labute approximate surface area is 80.8 Å². The molecule has 0 aromatic carbocycles. The van der Waals surface area contributed by atoms with Crippen molar-refractivity contribution in [3.63, 3.8) is 0 Å². The lowest BCUT2D eigenvalue weighted by atomic mass is 10.2. The van der Waals surface area contributed by atoms with Crippen molar-refractivity contribution in [2.75, 3.05) is 13.2 Å². The van der Waals surface area contributed by atoms with Crippen LogP contribution >= 0.6 is 0 Å². The molecule has 0 saturated carbocycles. The predicted octanol–water partition coefficient (Wildman–Crippen LogP) is 1.50. The summed E-state index contributed by atoms with van der Waals surface area (Å²) < 4.78 is 35.4. The molecule has 0 aliphatic rings. The third kappa shape index (κ3) is 4.48. The van der Waals surface area contributed by atoms with Crippen LogP contribution in [0.1, 0.15) is 20.3 Å². The number of ether oxygens (including phenoxy) is 2. The van der Waals surface area contributed by atoms with E-state index in [9.17, 15) is 13.6 Å². The number of rotatable bonds is 7. The Kier molecular flexibility index (Phi) is 5.56. The molecule has 0 unspecified atom stereocenters. The van der Waals surface area contributed by atoms with Crippen molar-refractivity contribution in [3.8, 4) is 0 Å². The van der Waals surface area contributed by atoms with E-state index in [1.807, 2.05) is 0 Å². The average molecular weight is 212 g/mol. The summed E-state index contributed by atoms with van der Waals surface area (Å²) in [6, 6.07) is 0. The van der Waals surface area contributed by atoms with Gasteiger partial charge in [0.05, 0.1) is 0 Å². The highest BCUT2D eigenvalue weighted by molar-refractivity contribution is 5.67. The summed E-state index contributed by atoms with van der Waals surface area (Å²) in [7, 11) is 0. The largest absolute Gasteiger partial charge is 0.481 e. The number of alkyl halides is 2. The lowest BCUT2D eigenvalue weighted by molar-refractivity contribution is -0.256. The fraction of sp³-hybridized carbons (Fsp3) is 0.875. The van der Waals surface area contributed by atoms with Crippen molar-refractivity contribution in [3.05, 3.63) is 0 Å². The molecule has 0 aliphatic carbocycles. The summed E-state index contributed by atoms with van der Waals surface area (Å²) in [5, 5.41) is 8.24. The van der Waals surface area contributed by atoms with E-state index >= 15 is 0 Å². The molecule has 0 heterocycles. The number of halogens is 2. The molecular weight excluding hydrogens is 198 g/mol. The topological polar surface area (TPSA) is 55.8 Å². The van der Waals surface area contributed by atoms with Crippen molar-refractivity contribution in [1.82, 2.24) is 0 Å². The van der Waals surface area contributed by atoms with Crippen LogP contribution in [0.4, 0.5) is 8.78 Å². The molecule has 14 heavy (non-hydrogen) atoms. The van der Waals surface area contributed by atoms with Crippen molar-refractivity contribution >= 4 is 5.97 Å². The first-order chi connectivity index (χ1) is 6.44. The predicted molar refractivity (Wildman–Crippen MR) is 44.2 cm³/mol. The Morgan fingerprint density at radius 1 is 1.36 bits per heavy atom. The molecule has 84 valence electrons. The van der Waals surface area contributed by atoms with Gasteiger partial charge >= 0.3 is 11.9 Å². The van der Waals surface area contributed by atoms with Gasteiger partial charge in [0.15, 0.2) is 0 Å². The first kappa shape index (κ1) is 13.2. The SMILES string of the molecule is CCOC(OCC)C(F)(F)CC(=O)O. The quantitative estimate of drug-likeness (QED) is 0.649. The van der Waals surface area contributed by atoms with Crippen molar-refractivity contribution < 1.29 is 28.2 Å². The summed E-state index contributed by atoms with van der Waals surface area (Å²) in [5.74, 6) is -5.09. The molecule has 0 atom stereocenters. The van der Waals surface area contributed by atoms with E-state index in [2.05, 4.69) is 9.47 Å². The Morgan fingerprint density at radius 3 is 2.07 bits per heavy atom. The molecule has 0 spiro atoms. The van der Waals surface area contributed by atoms with Crippen molar-refractivity contribution in [1.29, 1.82) is 0 Å². The maximum Gasteiger partial charge on any atom is 0.309 e. The second-order valence-corrected chi connectivity index (χ2v) is 2.57. The van der Waals surface area contributed by atoms with Gasteiger partial charge in [-0.25, -0.2) is 8.78 Å². The minimum absolute atomic E-state index is 0.0415. The Morgan fingerprint density at radius 2 is 1.79 bits per heavy atom. The lowest BCUT2D eigenvalue weighted by Crippen LogP contribution is -2.40. The number of aliphatic carboxylic acids is 1. The van der Waals surface area contributed by atoms with E-state index in [1.54, 1.807) is 0 Å². The molecule has 0 aromatic rings. The summed E-state index contributed by atoms with van der Waals surface area (Å²) >= 11 is 0. The second kappa shape index (κ2) is 5.87. The highest BCUT2D eigenvalue weighted by atomic mass is 19.3. The van der Waals surface area contributed by atoms with Crippen LogP contribution in [0.2, 0.25) is 0 Å². The van der Waals surface area contributed by atoms with E-state index < -0.39 is 24.6 Å². The zero-order chi connectivity index (χ0) is 11.2. The van der Waals surface area contributed by atoms with Crippen LogP contribution in [0.3, 0.4) is 0 Å². The lowest BCUT2D eigenvalue weighted by Gasteiger charge is -2.24. The van der Waals surface area contributed by atoms with Crippen LogP contribution in [-0.4, -0.2) is 36.5 Å². The highest BCUT2D eigenvalue weighted by Gasteiger charge is 2.43. The molecule has 4 nitrogen and oxygen atoms in total. The van der Waals surface area contributed by atoms with Gasteiger partial charge in [-0.1, -0.05) is 0 Å². The molecule has 0 aromatic heterocycles. The van der Waals surface area contributed by atoms with Crippen molar-refractivity contribution in [2.45, 2.75) is 32.5 Å².